The molecule has 2 unspecified atom stereocenters. The highest BCUT2D eigenvalue weighted by Crippen LogP contribution is 2.28. The summed E-state index contributed by atoms with van der Waals surface area (Å²) in [6, 6.07) is 3.55. The van der Waals surface area contributed by atoms with Crippen LogP contribution in [0.15, 0.2) is 18.5 Å². The van der Waals surface area contributed by atoms with Gasteiger partial charge in [0.1, 0.15) is 17.7 Å². The van der Waals surface area contributed by atoms with Crippen LogP contribution in [-0.2, 0) is 4.74 Å². The molecule has 0 saturated carbocycles. The first kappa shape index (κ1) is 21.5. The van der Waals surface area contributed by atoms with Crippen LogP contribution < -0.4 is 11.1 Å². The number of likely N-dealkylation sites (tertiary alicyclic amines) is 1. The Hall–Kier alpha value is -2.17. The van der Waals surface area contributed by atoms with Crippen molar-refractivity contribution in [2.75, 3.05) is 11.9 Å². The lowest BCUT2D eigenvalue weighted by molar-refractivity contribution is 0.0104. The van der Waals surface area contributed by atoms with Crippen LogP contribution in [0.5, 0.6) is 0 Å². The molecule has 29 heavy (non-hydrogen) atoms. The fourth-order valence-electron chi connectivity index (χ4n) is 3.53. The molecule has 9 heteroatoms. The van der Waals surface area contributed by atoms with E-state index in [1.54, 1.807) is 11.0 Å². The Morgan fingerprint density at radius 1 is 1.31 bits per heavy atom. The number of amides is 2. The maximum Gasteiger partial charge on any atom is 0.410 e. The molecule has 1 fully saturated rings. The highest BCUT2D eigenvalue weighted by atomic mass is 127. The van der Waals surface area contributed by atoms with Crippen molar-refractivity contribution < 1.29 is 14.3 Å². The lowest BCUT2D eigenvalue weighted by atomic mass is 9.97. The molecule has 8 nitrogen and oxygen atoms in total. The van der Waals surface area contributed by atoms with Crippen LogP contribution in [0.3, 0.4) is 0 Å². The van der Waals surface area contributed by atoms with E-state index < -0.39 is 11.5 Å². The molecule has 0 aliphatic carbocycles. The van der Waals surface area contributed by atoms with E-state index in [1.807, 2.05) is 33.8 Å². The van der Waals surface area contributed by atoms with Crippen LogP contribution in [0.25, 0.3) is 10.9 Å². The van der Waals surface area contributed by atoms with Crippen molar-refractivity contribution in [3.8, 4) is 0 Å². The summed E-state index contributed by atoms with van der Waals surface area (Å²) in [5.41, 5.74) is 5.87. The smallest absolute Gasteiger partial charge is 0.410 e. The van der Waals surface area contributed by atoms with Crippen molar-refractivity contribution >= 4 is 51.3 Å². The predicted molar refractivity (Wildman–Crippen MR) is 120 cm³/mol. The fourth-order valence-corrected chi connectivity index (χ4v) is 4.15. The highest BCUT2D eigenvalue weighted by molar-refractivity contribution is 14.1. The maximum atomic E-state index is 12.6. The Bertz CT molecular complexity index is 944. The molecule has 0 bridgehead atoms. The third kappa shape index (κ3) is 4.88. The number of ether oxygens (including phenoxy) is 1. The third-order valence-corrected chi connectivity index (χ3v) is 5.53. The van der Waals surface area contributed by atoms with Crippen LogP contribution in [0, 0.1) is 3.57 Å². The molecular weight excluding hydrogens is 485 g/mol. The monoisotopic (exact) mass is 511 g/mol. The largest absolute Gasteiger partial charge is 0.444 e. The number of anilines is 1. The van der Waals surface area contributed by atoms with E-state index in [0.717, 1.165) is 21.8 Å². The molecule has 3 rings (SSSR count). The number of hydrogen-bond donors (Lipinski definition) is 2. The molecular formula is C20H26IN5O3. The molecule has 2 atom stereocenters. The van der Waals surface area contributed by atoms with Crippen LogP contribution in [-0.4, -0.2) is 51.1 Å². The summed E-state index contributed by atoms with van der Waals surface area (Å²) >= 11 is 2.14. The van der Waals surface area contributed by atoms with Crippen molar-refractivity contribution in [1.29, 1.82) is 0 Å². The van der Waals surface area contributed by atoms with Gasteiger partial charge in [0.05, 0.1) is 17.1 Å². The first-order valence-electron chi connectivity index (χ1n) is 9.57. The normalized spacial score (nSPS) is 19.8. The number of primary amides is 1. The number of rotatable bonds is 3. The van der Waals surface area contributed by atoms with Gasteiger partial charge in [0.2, 0.25) is 0 Å². The zero-order valence-electron chi connectivity index (χ0n) is 17.0. The van der Waals surface area contributed by atoms with E-state index in [0.29, 0.717) is 23.4 Å². The van der Waals surface area contributed by atoms with Gasteiger partial charge >= 0.3 is 6.09 Å². The van der Waals surface area contributed by atoms with Gasteiger partial charge in [0.15, 0.2) is 0 Å². The van der Waals surface area contributed by atoms with Gasteiger partial charge in [-0.25, -0.2) is 14.8 Å². The SMILES string of the molecule is CC1C(Nc2ncnc3c(C(N)=O)cc(I)cc23)CCCN1C(=O)OC(C)(C)C. The summed E-state index contributed by atoms with van der Waals surface area (Å²) in [5, 5.41) is 4.19. The molecule has 3 N–H and O–H groups in total. The first-order valence-corrected chi connectivity index (χ1v) is 10.6. The Morgan fingerprint density at radius 2 is 2.03 bits per heavy atom. The van der Waals surface area contributed by atoms with Crippen LogP contribution in [0.4, 0.5) is 10.6 Å². The average molecular weight is 511 g/mol. The number of carbonyl (C=O) groups excluding carboxylic acids is 2. The zero-order chi connectivity index (χ0) is 21.3. The van der Waals surface area contributed by atoms with Gasteiger partial charge in [-0.05, 0) is 75.3 Å². The molecule has 156 valence electrons. The van der Waals surface area contributed by atoms with Crippen LogP contribution in [0.1, 0.15) is 50.9 Å². The lowest BCUT2D eigenvalue weighted by Gasteiger charge is -2.40. The number of halogens is 1. The molecule has 1 saturated heterocycles. The third-order valence-electron chi connectivity index (χ3n) is 4.91. The number of benzene rings is 1. The number of nitrogens with one attached hydrogen (secondary N) is 1. The second kappa shape index (κ2) is 8.29. The minimum Gasteiger partial charge on any atom is -0.444 e. The van der Waals surface area contributed by atoms with Gasteiger partial charge in [-0.3, -0.25) is 4.79 Å². The van der Waals surface area contributed by atoms with Crippen molar-refractivity contribution in [2.45, 2.75) is 58.2 Å². The molecule has 0 radical (unpaired) electrons. The molecule has 1 aliphatic rings. The van der Waals surface area contributed by atoms with Crippen LogP contribution >= 0.6 is 22.6 Å². The molecule has 2 amide bonds. The summed E-state index contributed by atoms with van der Waals surface area (Å²) < 4.78 is 6.42. The van der Waals surface area contributed by atoms with Crippen LogP contribution in [0.2, 0.25) is 0 Å². The Balaban J connectivity index is 1.88. The van der Waals surface area contributed by atoms with Gasteiger partial charge in [0, 0.05) is 21.5 Å². The van der Waals surface area contributed by atoms with E-state index in [4.69, 9.17) is 10.5 Å². The van der Waals surface area contributed by atoms with E-state index in [9.17, 15) is 9.59 Å². The Kier molecular flexibility index (Phi) is 6.16. The summed E-state index contributed by atoms with van der Waals surface area (Å²) in [4.78, 5) is 34.8. The maximum absolute atomic E-state index is 12.6. The molecule has 1 aliphatic heterocycles. The van der Waals surface area contributed by atoms with Gasteiger partial charge in [-0.2, -0.15) is 0 Å². The molecule has 1 aromatic heterocycles. The lowest BCUT2D eigenvalue weighted by Crippen LogP contribution is -2.53. The number of nitrogens with zero attached hydrogens (tertiary/aromatic N) is 3. The Morgan fingerprint density at radius 3 is 2.69 bits per heavy atom. The Labute approximate surface area is 183 Å². The number of aromatic nitrogens is 2. The summed E-state index contributed by atoms with van der Waals surface area (Å²) in [7, 11) is 0. The van der Waals surface area contributed by atoms with Crippen molar-refractivity contribution in [2.24, 2.45) is 5.73 Å². The van der Waals surface area contributed by atoms with E-state index >= 15 is 0 Å². The van der Waals surface area contributed by atoms with Crippen molar-refractivity contribution in [1.82, 2.24) is 14.9 Å². The highest BCUT2D eigenvalue weighted by Gasteiger charge is 2.34. The van der Waals surface area contributed by atoms with Gasteiger partial charge < -0.3 is 20.7 Å². The second-order valence-electron chi connectivity index (χ2n) is 8.24. The molecule has 0 spiro atoms. The molecule has 1 aromatic carbocycles. The summed E-state index contributed by atoms with van der Waals surface area (Å²) in [6.45, 7) is 8.24. The minimum atomic E-state index is -0.540. The number of carbonyl (C=O) groups is 2. The van der Waals surface area contributed by atoms with Gasteiger partial charge in [-0.1, -0.05) is 0 Å². The second-order valence-corrected chi connectivity index (χ2v) is 9.49. The van der Waals surface area contributed by atoms with Gasteiger partial charge in [0.25, 0.3) is 5.91 Å². The predicted octanol–water partition coefficient (Wildman–Crippen LogP) is 3.53. The standard InChI is InChI=1S/C20H26IN5O3/c1-11-15(6-5-7-26(11)19(28)29-20(2,3)4)25-18-14-9-12(21)8-13(17(22)27)16(14)23-10-24-18/h8-11,15H,5-7H2,1-4H3,(H2,22,27)(H,23,24,25). The quantitative estimate of drug-likeness (QED) is 0.611. The first-order chi connectivity index (χ1) is 13.6. The fraction of sp³-hybridized carbons (Fsp3) is 0.500. The topological polar surface area (TPSA) is 110 Å². The number of nitrogens with two attached hydrogens (primary N) is 1. The molecule has 2 aromatic rings. The summed E-state index contributed by atoms with van der Waals surface area (Å²) in [6.07, 6.45) is 2.85. The van der Waals surface area contributed by atoms with Crippen molar-refractivity contribution in [3.05, 3.63) is 27.6 Å². The number of piperidine rings is 1. The van der Waals surface area contributed by atoms with Crippen molar-refractivity contribution in [3.63, 3.8) is 0 Å². The van der Waals surface area contributed by atoms with Gasteiger partial charge in [-0.15, -0.1) is 0 Å². The van der Waals surface area contributed by atoms with E-state index in [2.05, 4.69) is 37.9 Å². The number of hydrogen-bond acceptors (Lipinski definition) is 6. The average Bonchev–Trinajstić information content (AvgIpc) is 2.61. The van der Waals surface area contributed by atoms with E-state index in [-0.39, 0.29) is 18.2 Å². The molecule has 2 heterocycles. The summed E-state index contributed by atoms with van der Waals surface area (Å²) in [5.74, 6) is 0.0965. The number of fused-ring (bicyclic) bond motifs is 1. The van der Waals surface area contributed by atoms with E-state index in [1.165, 1.54) is 6.33 Å². The minimum absolute atomic E-state index is 0.00994. The zero-order valence-corrected chi connectivity index (χ0v) is 19.2.